The summed E-state index contributed by atoms with van der Waals surface area (Å²) in [6.45, 7) is 0.929. The van der Waals surface area contributed by atoms with E-state index in [0.29, 0.717) is 35.6 Å². The molecule has 0 saturated heterocycles. The van der Waals surface area contributed by atoms with Crippen LogP contribution in [0, 0.1) is 0 Å². The first-order chi connectivity index (χ1) is 14.9. The second-order valence-corrected chi connectivity index (χ2v) is 9.51. The fourth-order valence-electron chi connectivity index (χ4n) is 2.96. The Morgan fingerprint density at radius 1 is 1.16 bits per heavy atom. The number of hydrogen-bond donors (Lipinski definition) is 2. The summed E-state index contributed by atoms with van der Waals surface area (Å²) in [5, 5.41) is 3.14. The Morgan fingerprint density at radius 2 is 1.97 bits per heavy atom. The Morgan fingerprint density at radius 3 is 2.77 bits per heavy atom. The molecule has 4 rings (SSSR count). The molecule has 0 bridgehead atoms. The first-order valence-corrected chi connectivity index (χ1v) is 11.9. The lowest BCUT2D eigenvalue weighted by Crippen LogP contribution is -2.27. The summed E-state index contributed by atoms with van der Waals surface area (Å²) >= 11 is 1.32. The highest BCUT2D eigenvalue weighted by Crippen LogP contribution is 2.32. The number of aromatic nitrogens is 1. The largest absolute Gasteiger partial charge is 0.497 e. The number of carbonyl (C=O) groups excluding carboxylic acids is 1. The van der Waals surface area contributed by atoms with Gasteiger partial charge in [-0.3, -0.25) is 4.79 Å². The number of anilines is 1. The lowest BCUT2D eigenvalue weighted by molar-refractivity contribution is -0.116. The molecule has 0 fully saturated rings. The molecule has 1 aliphatic rings. The van der Waals surface area contributed by atoms with Gasteiger partial charge in [-0.1, -0.05) is 11.3 Å². The van der Waals surface area contributed by atoms with Crippen LogP contribution in [0.4, 0.5) is 5.13 Å². The summed E-state index contributed by atoms with van der Waals surface area (Å²) in [5.41, 5.74) is 0.746. The molecule has 0 aliphatic carbocycles. The summed E-state index contributed by atoms with van der Waals surface area (Å²) in [6.07, 6.45) is 0.690. The van der Waals surface area contributed by atoms with Crippen LogP contribution in [0.3, 0.4) is 0 Å². The van der Waals surface area contributed by atoms with E-state index in [2.05, 4.69) is 15.0 Å². The molecule has 9 nitrogen and oxygen atoms in total. The highest BCUT2D eigenvalue weighted by molar-refractivity contribution is 7.89. The smallest absolute Gasteiger partial charge is 0.240 e. The lowest BCUT2D eigenvalue weighted by Gasteiger charge is -2.10. The molecule has 1 amide bonds. The molecule has 0 saturated carbocycles. The topological polar surface area (TPSA) is 116 Å². The maximum atomic E-state index is 12.6. The summed E-state index contributed by atoms with van der Waals surface area (Å²) in [6, 6.07) is 9.89. The zero-order chi connectivity index (χ0) is 21.8. The molecule has 3 aromatic rings. The number of nitrogens with zero attached hydrogens (tertiary/aromatic N) is 1. The maximum absolute atomic E-state index is 12.6. The number of ether oxygens (including phenoxy) is 3. The minimum Gasteiger partial charge on any atom is -0.497 e. The number of hydrogen-bond acceptors (Lipinski definition) is 8. The number of amides is 1. The molecule has 0 spiro atoms. The van der Waals surface area contributed by atoms with Gasteiger partial charge in [0.1, 0.15) is 5.75 Å². The van der Waals surface area contributed by atoms with Gasteiger partial charge in [-0.15, -0.1) is 0 Å². The van der Waals surface area contributed by atoms with E-state index in [0.717, 1.165) is 16.6 Å². The fourth-order valence-corrected chi connectivity index (χ4v) is 4.92. The average molecular weight is 464 g/mol. The second-order valence-electron chi connectivity index (χ2n) is 6.71. The fraction of sp³-hybridized carbons (Fsp3) is 0.300. The van der Waals surface area contributed by atoms with Crippen LogP contribution >= 0.6 is 11.3 Å². The van der Waals surface area contributed by atoms with Crippen molar-refractivity contribution in [1.29, 1.82) is 0 Å². The van der Waals surface area contributed by atoms with Crippen LogP contribution in [0.5, 0.6) is 17.2 Å². The Balaban J connectivity index is 1.34. The van der Waals surface area contributed by atoms with E-state index < -0.39 is 10.0 Å². The van der Waals surface area contributed by atoms with E-state index in [1.165, 1.54) is 23.5 Å². The van der Waals surface area contributed by atoms with Crippen molar-refractivity contribution in [2.45, 2.75) is 17.7 Å². The number of sulfonamides is 1. The molecule has 2 N–H and O–H groups in total. The van der Waals surface area contributed by atoms with Gasteiger partial charge in [-0.05, 0) is 30.3 Å². The van der Waals surface area contributed by atoms with Gasteiger partial charge in [0, 0.05) is 25.5 Å². The monoisotopic (exact) mass is 463 g/mol. The van der Waals surface area contributed by atoms with Gasteiger partial charge >= 0.3 is 0 Å². The minimum absolute atomic E-state index is 0.0387. The molecule has 1 aliphatic heterocycles. The number of thiazole rings is 1. The number of nitrogens with one attached hydrogen (secondary N) is 2. The van der Waals surface area contributed by atoms with Crippen LogP contribution in [0.15, 0.2) is 41.3 Å². The molecule has 0 radical (unpaired) electrons. The molecule has 1 aromatic heterocycles. The average Bonchev–Trinajstić information content (AvgIpc) is 2.99. The molecule has 2 heterocycles. The molecule has 164 valence electrons. The van der Waals surface area contributed by atoms with Crippen molar-refractivity contribution in [3.63, 3.8) is 0 Å². The predicted molar refractivity (Wildman–Crippen MR) is 117 cm³/mol. The summed E-state index contributed by atoms with van der Waals surface area (Å²) in [7, 11) is -2.21. The standard InChI is InChI=1S/C20H21N3O6S2/c1-27-13-3-5-15-18(11-13)30-20(22-15)23-19(24)7-8-21-31(25,26)14-4-6-16-17(12-14)29-10-2-9-28-16/h3-6,11-12,21H,2,7-10H2,1H3,(H,22,23,24). The molecule has 0 atom stereocenters. The Hall–Kier alpha value is -2.89. The number of benzene rings is 2. The summed E-state index contributed by atoms with van der Waals surface area (Å²) in [4.78, 5) is 16.6. The molecular formula is C20H21N3O6S2. The van der Waals surface area contributed by atoms with Crippen LogP contribution in [0.2, 0.25) is 0 Å². The van der Waals surface area contributed by atoms with E-state index in [1.54, 1.807) is 19.2 Å². The Bertz CT molecular complexity index is 1210. The van der Waals surface area contributed by atoms with Crippen molar-refractivity contribution in [2.24, 2.45) is 0 Å². The highest BCUT2D eigenvalue weighted by Gasteiger charge is 2.19. The van der Waals surface area contributed by atoms with Crippen LogP contribution < -0.4 is 24.2 Å². The van der Waals surface area contributed by atoms with Gasteiger partial charge < -0.3 is 19.5 Å². The summed E-state index contributed by atoms with van der Waals surface area (Å²) < 4.78 is 44.7. The zero-order valence-electron chi connectivity index (χ0n) is 16.7. The van der Waals surface area contributed by atoms with Crippen LogP contribution in [0.1, 0.15) is 12.8 Å². The lowest BCUT2D eigenvalue weighted by atomic mass is 10.3. The molecule has 0 unspecified atom stereocenters. The van der Waals surface area contributed by atoms with Crippen LogP contribution in [-0.2, 0) is 14.8 Å². The normalized spacial score (nSPS) is 13.6. The Labute approximate surface area is 183 Å². The number of rotatable bonds is 7. The van der Waals surface area contributed by atoms with Crippen molar-refractivity contribution >= 4 is 42.6 Å². The second kappa shape index (κ2) is 9.08. The SMILES string of the molecule is COc1ccc2nc(NC(=O)CCNS(=O)(=O)c3ccc4c(c3)OCCCO4)sc2c1. The van der Waals surface area contributed by atoms with Crippen LogP contribution in [0.25, 0.3) is 10.2 Å². The predicted octanol–water partition coefficient (Wildman–Crippen LogP) is 2.77. The third-order valence-corrected chi connectivity index (χ3v) is 6.91. The van der Waals surface area contributed by atoms with Crippen molar-refractivity contribution < 1.29 is 27.4 Å². The third kappa shape index (κ3) is 5.06. The van der Waals surface area contributed by atoms with E-state index in [1.807, 2.05) is 12.1 Å². The third-order valence-electron chi connectivity index (χ3n) is 4.52. The van der Waals surface area contributed by atoms with Gasteiger partial charge in [0.25, 0.3) is 0 Å². The van der Waals surface area contributed by atoms with Crippen LogP contribution in [-0.4, -0.2) is 46.2 Å². The van der Waals surface area contributed by atoms with E-state index in [9.17, 15) is 13.2 Å². The number of fused-ring (bicyclic) bond motifs is 2. The van der Waals surface area contributed by atoms with E-state index in [-0.39, 0.29) is 23.8 Å². The zero-order valence-corrected chi connectivity index (χ0v) is 18.3. The first kappa shape index (κ1) is 21.3. The Kier molecular flexibility index (Phi) is 6.25. The van der Waals surface area contributed by atoms with Crippen molar-refractivity contribution in [2.75, 3.05) is 32.2 Å². The van der Waals surface area contributed by atoms with Crippen molar-refractivity contribution in [3.05, 3.63) is 36.4 Å². The van der Waals surface area contributed by atoms with Gasteiger partial charge in [-0.2, -0.15) is 0 Å². The van der Waals surface area contributed by atoms with Gasteiger partial charge in [-0.25, -0.2) is 18.1 Å². The summed E-state index contributed by atoms with van der Waals surface area (Å²) in [5.74, 6) is 1.28. The molecule has 31 heavy (non-hydrogen) atoms. The van der Waals surface area contributed by atoms with Gasteiger partial charge in [0.05, 0.1) is 35.4 Å². The first-order valence-electron chi connectivity index (χ1n) is 9.58. The van der Waals surface area contributed by atoms with E-state index in [4.69, 9.17) is 14.2 Å². The minimum atomic E-state index is -3.79. The highest BCUT2D eigenvalue weighted by atomic mass is 32.2. The van der Waals surface area contributed by atoms with Crippen molar-refractivity contribution in [1.82, 2.24) is 9.71 Å². The molecular weight excluding hydrogens is 442 g/mol. The molecule has 2 aromatic carbocycles. The van der Waals surface area contributed by atoms with Crippen molar-refractivity contribution in [3.8, 4) is 17.2 Å². The number of methoxy groups -OCH3 is 1. The van der Waals surface area contributed by atoms with Gasteiger partial charge in [0.15, 0.2) is 16.6 Å². The van der Waals surface area contributed by atoms with E-state index >= 15 is 0 Å². The number of carbonyl (C=O) groups is 1. The maximum Gasteiger partial charge on any atom is 0.240 e. The molecule has 11 heteroatoms. The van der Waals surface area contributed by atoms with Gasteiger partial charge in [0.2, 0.25) is 15.9 Å². The quantitative estimate of drug-likeness (QED) is 0.553.